The zero-order chi connectivity index (χ0) is 14.7. The zero-order valence-electron chi connectivity index (χ0n) is 12.1. The molecule has 21 heavy (non-hydrogen) atoms. The topological polar surface area (TPSA) is 18.5 Å². The summed E-state index contributed by atoms with van der Waals surface area (Å²) in [4.78, 5) is 0. The van der Waals surface area contributed by atoms with E-state index in [1.807, 2.05) is 12.1 Å². The van der Waals surface area contributed by atoms with Gasteiger partial charge in [0.2, 0.25) is 0 Å². The third kappa shape index (κ3) is 3.39. The van der Waals surface area contributed by atoms with Gasteiger partial charge < -0.3 is 9.47 Å². The molecule has 1 aliphatic rings. The number of hydrogen-bond donors (Lipinski definition) is 0. The smallest absolute Gasteiger partial charge is 0.118 e. The number of hydrogen-bond acceptors (Lipinski definition) is 2. The van der Waals surface area contributed by atoms with Crippen molar-refractivity contribution in [2.45, 2.75) is 31.4 Å². The summed E-state index contributed by atoms with van der Waals surface area (Å²) >= 11 is 6.55. The number of ether oxygens (including phenoxy) is 2. The minimum absolute atomic E-state index is 0.0398. The Morgan fingerprint density at radius 1 is 1.10 bits per heavy atom. The molecule has 2 aromatic rings. The van der Waals surface area contributed by atoms with Crippen LogP contribution >= 0.6 is 11.6 Å². The maximum absolute atomic E-state index is 6.55. The van der Waals surface area contributed by atoms with Crippen molar-refractivity contribution in [1.82, 2.24) is 0 Å². The molecule has 0 aromatic heterocycles. The second kappa shape index (κ2) is 6.50. The highest BCUT2D eigenvalue weighted by atomic mass is 35.5. The molecule has 0 N–H and O–H groups in total. The Bertz CT molecular complexity index is 607. The molecule has 3 heteroatoms. The van der Waals surface area contributed by atoms with Crippen LogP contribution in [0.5, 0.6) is 5.75 Å². The van der Waals surface area contributed by atoms with Gasteiger partial charge in [-0.1, -0.05) is 30.3 Å². The summed E-state index contributed by atoms with van der Waals surface area (Å²) in [7, 11) is 1.68. The summed E-state index contributed by atoms with van der Waals surface area (Å²) in [5, 5.41) is 0.0398. The number of methoxy groups -OCH3 is 1. The lowest BCUT2D eigenvalue weighted by atomic mass is 10.00. The summed E-state index contributed by atoms with van der Waals surface area (Å²) in [5.41, 5.74) is 5.04. The van der Waals surface area contributed by atoms with Crippen LogP contribution < -0.4 is 4.74 Å². The van der Waals surface area contributed by atoms with E-state index in [4.69, 9.17) is 21.1 Å². The summed E-state index contributed by atoms with van der Waals surface area (Å²) in [6, 6.07) is 14.6. The second-order valence-electron chi connectivity index (χ2n) is 5.38. The maximum Gasteiger partial charge on any atom is 0.118 e. The molecule has 0 radical (unpaired) electrons. The number of alkyl halides is 1. The van der Waals surface area contributed by atoms with Gasteiger partial charge in [0.25, 0.3) is 0 Å². The monoisotopic (exact) mass is 302 g/mol. The largest absolute Gasteiger partial charge is 0.497 e. The van der Waals surface area contributed by atoms with Crippen molar-refractivity contribution in [1.29, 1.82) is 0 Å². The fourth-order valence-electron chi connectivity index (χ4n) is 2.64. The van der Waals surface area contributed by atoms with Gasteiger partial charge in [-0.3, -0.25) is 0 Å². The molecular weight excluding hydrogens is 284 g/mol. The van der Waals surface area contributed by atoms with Gasteiger partial charge in [0.05, 0.1) is 25.7 Å². The van der Waals surface area contributed by atoms with Crippen LogP contribution in [0.4, 0.5) is 0 Å². The number of rotatable bonds is 5. The Morgan fingerprint density at radius 3 is 2.62 bits per heavy atom. The van der Waals surface area contributed by atoms with E-state index >= 15 is 0 Å². The van der Waals surface area contributed by atoms with Gasteiger partial charge >= 0.3 is 0 Å². The van der Waals surface area contributed by atoms with Crippen molar-refractivity contribution < 1.29 is 9.47 Å². The van der Waals surface area contributed by atoms with Crippen LogP contribution in [-0.4, -0.2) is 7.11 Å². The summed E-state index contributed by atoms with van der Waals surface area (Å²) in [5.74, 6) is 0.889. The minimum Gasteiger partial charge on any atom is -0.497 e. The molecule has 2 nitrogen and oxygen atoms in total. The van der Waals surface area contributed by atoms with E-state index in [0.29, 0.717) is 6.61 Å². The lowest BCUT2D eigenvalue weighted by Crippen LogP contribution is -1.96. The van der Waals surface area contributed by atoms with E-state index in [1.165, 1.54) is 22.3 Å². The first-order valence-corrected chi connectivity index (χ1v) is 7.66. The molecule has 2 aromatic carbocycles. The molecule has 0 saturated carbocycles. The predicted molar refractivity (Wildman–Crippen MR) is 84.8 cm³/mol. The van der Waals surface area contributed by atoms with Crippen LogP contribution in [0.2, 0.25) is 0 Å². The van der Waals surface area contributed by atoms with Crippen LogP contribution in [0.3, 0.4) is 0 Å². The molecule has 1 atom stereocenters. The number of benzene rings is 2. The van der Waals surface area contributed by atoms with Gasteiger partial charge in [0, 0.05) is 0 Å². The molecule has 1 unspecified atom stereocenters. The molecule has 0 aliphatic carbocycles. The van der Waals surface area contributed by atoms with Crippen molar-refractivity contribution in [2.24, 2.45) is 0 Å². The molecule has 110 valence electrons. The van der Waals surface area contributed by atoms with Crippen LogP contribution in [-0.2, 0) is 24.4 Å². The van der Waals surface area contributed by atoms with Gasteiger partial charge in [-0.25, -0.2) is 0 Å². The average Bonchev–Trinajstić information content (AvgIpc) is 3.00. The van der Waals surface area contributed by atoms with Gasteiger partial charge in [-0.2, -0.15) is 0 Å². The van der Waals surface area contributed by atoms with Crippen molar-refractivity contribution in [3.63, 3.8) is 0 Å². The SMILES string of the molecule is COc1ccc(CCC(Cl)c2ccc3c(c2)COC3)cc1. The Hall–Kier alpha value is -1.51. The van der Waals surface area contributed by atoms with Gasteiger partial charge in [0.1, 0.15) is 5.75 Å². The van der Waals surface area contributed by atoms with Crippen molar-refractivity contribution >= 4 is 11.6 Å². The van der Waals surface area contributed by atoms with Crippen LogP contribution in [0, 0.1) is 0 Å². The highest BCUT2D eigenvalue weighted by Gasteiger charge is 2.15. The highest BCUT2D eigenvalue weighted by Crippen LogP contribution is 2.30. The first kappa shape index (κ1) is 14.4. The highest BCUT2D eigenvalue weighted by molar-refractivity contribution is 6.20. The molecule has 0 bridgehead atoms. The van der Waals surface area contributed by atoms with E-state index in [-0.39, 0.29) is 5.38 Å². The van der Waals surface area contributed by atoms with Crippen molar-refractivity contribution in [3.8, 4) is 5.75 Å². The maximum atomic E-state index is 6.55. The molecule has 0 spiro atoms. The summed E-state index contributed by atoms with van der Waals surface area (Å²) < 4.78 is 10.6. The number of halogens is 1. The molecule has 1 heterocycles. The van der Waals surface area contributed by atoms with Gasteiger partial charge in [-0.05, 0) is 47.2 Å². The third-order valence-electron chi connectivity index (χ3n) is 3.95. The second-order valence-corrected chi connectivity index (χ2v) is 5.90. The minimum atomic E-state index is 0.0398. The molecule has 3 rings (SSSR count). The summed E-state index contributed by atoms with van der Waals surface area (Å²) in [6.45, 7) is 1.44. The van der Waals surface area contributed by atoms with Crippen molar-refractivity contribution in [3.05, 3.63) is 64.7 Å². The average molecular weight is 303 g/mol. The molecule has 0 amide bonds. The molecule has 0 saturated heterocycles. The quantitative estimate of drug-likeness (QED) is 0.749. The first-order chi connectivity index (χ1) is 10.3. The Balaban J connectivity index is 1.61. The summed E-state index contributed by atoms with van der Waals surface area (Å²) in [6.07, 6.45) is 1.89. The van der Waals surface area contributed by atoms with Gasteiger partial charge in [-0.15, -0.1) is 11.6 Å². The zero-order valence-corrected chi connectivity index (χ0v) is 12.9. The van der Waals surface area contributed by atoms with E-state index in [1.54, 1.807) is 7.11 Å². The molecular formula is C18H19ClO2. The predicted octanol–water partition coefficient (Wildman–Crippen LogP) is 4.64. The van der Waals surface area contributed by atoms with Crippen LogP contribution in [0.25, 0.3) is 0 Å². The Kier molecular flexibility index (Phi) is 4.47. The van der Waals surface area contributed by atoms with E-state index < -0.39 is 0 Å². The fourth-order valence-corrected chi connectivity index (χ4v) is 2.88. The lowest BCUT2D eigenvalue weighted by Gasteiger charge is -2.11. The molecule has 0 fully saturated rings. The van der Waals surface area contributed by atoms with Crippen molar-refractivity contribution in [2.75, 3.05) is 7.11 Å². The van der Waals surface area contributed by atoms with E-state index in [9.17, 15) is 0 Å². The number of aryl methyl sites for hydroxylation is 1. The van der Waals surface area contributed by atoms with Gasteiger partial charge in [0.15, 0.2) is 0 Å². The van der Waals surface area contributed by atoms with Crippen LogP contribution in [0.15, 0.2) is 42.5 Å². The van der Waals surface area contributed by atoms with E-state index in [0.717, 1.165) is 25.2 Å². The van der Waals surface area contributed by atoms with Crippen LogP contribution in [0.1, 0.15) is 34.1 Å². The normalized spacial score (nSPS) is 14.8. The Morgan fingerprint density at radius 2 is 1.86 bits per heavy atom. The fraction of sp³-hybridized carbons (Fsp3) is 0.333. The van der Waals surface area contributed by atoms with E-state index in [2.05, 4.69) is 30.3 Å². The standard InChI is InChI=1S/C18H19ClO2/c1-20-17-7-2-13(3-8-17)4-9-18(19)14-5-6-15-11-21-12-16(15)10-14/h2-3,5-8,10,18H,4,9,11-12H2,1H3. The Labute approximate surface area is 130 Å². The lowest BCUT2D eigenvalue weighted by molar-refractivity contribution is 0.134. The number of fused-ring (bicyclic) bond motifs is 1. The third-order valence-corrected chi connectivity index (χ3v) is 4.42. The molecule has 1 aliphatic heterocycles. The first-order valence-electron chi connectivity index (χ1n) is 7.22.